The maximum atomic E-state index is 5.72. The minimum Gasteiger partial charge on any atom is -0.493 e. The molecule has 0 spiro atoms. The van der Waals surface area contributed by atoms with Crippen molar-refractivity contribution in [1.29, 1.82) is 0 Å². The minimum absolute atomic E-state index is 0.346. The normalized spacial score (nSPS) is 10.7. The van der Waals surface area contributed by atoms with Crippen LogP contribution in [0.4, 0.5) is 5.95 Å². The number of hydrogen-bond donors (Lipinski definition) is 1. The number of nitrogens with one attached hydrogen (secondary N) is 1. The highest BCUT2D eigenvalue weighted by Gasteiger charge is 2.15. The summed E-state index contributed by atoms with van der Waals surface area (Å²) >= 11 is 0. The number of ether oxygens (including phenoxy) is 3. The van der Waals surface area contributed by atoms with Crippen LogP contribution in [-0.2, 0) is 6.54 Å². The lowest BCUT2D eigenvalue weighted by molar-refractivity contribution is 0.330. The maximum absolute atomic E-state index is 5.72. The number of methoxy groups -OCH3 is 2. The molecular weight excluding hydrogens is 396 g/mol. The van der Waals surface area contributed by atoms with Crippen LogP contribution in [0.25, 0.3) is 22.6 Å². The van der Waals surface area contributed by atoms with Gasteiger partial charge in [0.05, 0.1) is 20.8 Å². The molecule has 0 amide bonds. The van der Waals surface area contributed by atoms with Crippen LogP contribution in [-0.4, -0.2) is 46.0 Å². The van der Waals surface area contributed by atoms with Gasteiger partial charge in [-0.3, -0.25) is 0 Å². The van der Waals surface area contributed by atoms with Crippen molar-refractivity contribution in [3.8, 4) is 28.8 Å². The number of nitrogens with zero attached hydrogens (tertiary/aromatic N) is 5. The van der Waals surface area contributed by atoms with Gasteiger partial charge in [0, 0.05) is 12.1 Å². The molecule has 4 aromatic rings. The molecule has 9 heteroatoms. The second kappa shape index (κ2) is 9.21. The molecule has 0 saturated carbocycles. The molecule has 2 aromatic carbocycles. The summed E-state index contributed by atoms with van der Waals surface area (Å²) in [5.41, 5.74) is 2.61. The van der Waals surface area contributed by atoms with Crippen LogP contribution in [0.1, 0.15) is 12.5 Å². The van der Waals surface area contributed by atoms with Gasteiger partial charge in [0.15, 0.2) is 22.8 Å². The molecule has 0 bridgehead atoms. The first-order valence-electron chi connectivity index (χ1n) is 9.77. The quantitative estimate of drug-likeness (QED) is 0.460. The standard InChI is InChI=1S/C22H22N6O3/c1-4-31-21-18-20(25-22(26-21)23-13-14-8-6-5-7-9-14)28-27-19(24-18)15-10-11-16(29-2)17(12-15)30-3/h5-12H,4,13H2,1-3H3,(H,23,25,26,28). The first-order valence-corrected chi connectivity index (χ1v) is 9.77. The van der Waals surface area contributed by atoms with Crippen LogP contribution < -0.4 is 19.5 Å². The zero-order valence-electron chi connectivity index (χ0n) is 17.5. The van der Waals surface area contributed by atoms with Gasteiger partial charge in [0.25, 0.3) is 0 Å². The lowest BCUT2D eigenvalue weighted by Gasteiger charge is -2.11. The van der Waals surface area contributed by atoms with E-state index < -0.39 is 0 Å². The highest BCUT2D eigenvalue weighted by Crippen LogP contribution is 2.31. The van der Waals surface area contributed by atoms with Gasteiger partial charge in [-0.05, 0) is 30.7 Å². The Morgan fingerprint density at radius 2 is 1.68 bits per heavy atom. The van der Waals surface area contributed by atoms with Crippen molar-refractivity contribution in [2.24, 2.45) is 0 Å². The van der Waals surface area contributed by atoms with Gasteiger partial charge in [-0.15, -0.1) is 10.2 Å². The molecule has 2 aromatic heterocycles. The Labute approximate surface area is 179 Å². The minimum atomic E-state index is 0.346. The van der Waals surface area contributed by atoms with Gasteiger partial charge < -0.3 is 19.5 Å². The van der Waals surface area contributed by atoms with E-state index in [1.165, 1.54) is 0 Å². The largest absolute Gasteiger partial charge is 0.493 e. The van der Waals surface area contributed by atoms with Crippen molar-refractivity contribution in [2.45, 2.75) is 13.5 Å². The number of aromatic nitrogens is 5. The van der Waals surface area contributed by atoms with Crippen LogP contribution >= 0.6 is 0 Å². The zero-order valence-corrected chi connectivity index (χ0v) is 17.5. The molecule has 2 heterocycles. The third-order valence-electron chi connectivity index (χ3n) is 4.51. The number of hydrogen-bond acceptors (Lipinski definition) is 9. The van der Waals surface area contributed by atoms with E-state index >= 15 is 0 Å². The Balaban J connectivity index is 1.69. The third kappa shape index (κ3) is 4.45. The van der Waals surface area contributed by atoms with E-state index in [0.717, 1.165) is 11.1 Å². The smallest absolute Gasteiger partial charge is 0.247 e. The Hall–Kier alpha value is -4.01. The molecule has 31 heavy (non-hydrogen) atoms. The van der Waals surface area contributed by atoms with E-state index in [9.17, 15) is 0 Å². The van der Waals surface area contributed by atoms with E-state index in [2.05, 4.69) is 30.5 Å². The molecule has 158 valence electrons. The summed E-state index contributed by atoms with van der Waals surface area (Å²) in [6.45, 7) is 2.89. The predicted octanol–water partition coefficient (Wildman–Crippen LogP) is 3.51. The van der Waals surface area contributed by atoms with E-state index in [0.29, 0.717) is 53.5 Å². The molecule has 0 radical (unpaired) electrons. The van der Waals surface area contributed by atoms with Gasteiger partial charge in [-0.25, -0.2) is 4.98 Å². The van der Waals surface area contributed by atoms with Crippen LogP contribution in [0.2, 0.25) is 0 Å². The number of rotatable bonds is 8. The monoisotopic (exact) mass is 418 g/mol. The summed E-state index contributed by atoms with van der Waals surface area (Å²) in [7, 11) is 3.16. The fourth-order valence-electron chi connectivity index (χ4n) is 3.00. The molecule has 1 N–H and O–H groups in total. The Kier molecular flexibility index (Phi) is 6.02. The summed E-state index contributed by atoms with van der Waals surface area (Å²) in [4.78, 5) is 13.5. The predicted molar refractivity (Wildman–Crippen MR) is 116 cm³/mol. The summed E-state index contributed by atoms with van der Waals surface area (Å²) in [6.07, 6.45) is 0. The van der Waals surface area contributed by atoms with Gasteiger partial charge in [0.2, 0.25) is 17.5 Å². The Morgan fingerprint density at radius 3 is 2.42 bits per heavy atom. The lowest BCUT2D eigenvalue weighted by atomic mass is 10.2. The van der Waals surface area contributed by atoms with E-state index in [4.69, 9.17) is 14.2 Å². The second-order valence-electron chi connectivity index (χ2n) is 6.50. The van der Waals surface area contributed by atoms with Gasteiger partial charge in [-0.1, -0.05) is 30.3 Å². The third-order valence-corrected chi connectivity index (χ3v) is 4.51. The molecule has 0 atom stereocenters. The molecule has 9 nitrogen and oxygen atoms in total. The van der Waals surface area contributed by atoms with Crippen molar-refractivity contribution in [2.75, 3.05) is 26.1 Å². The van der Waals surface area contributed by atoms with Crippen molar-refractivity contribution in [3.05, 3.63) is 54.1 Å². The average molecular weight is 418 g/mol. The van der Waals surface area contributed by atoms with Gasteiger partial charge in [-0.2, -0.15) is 9.97 Å². The van der Waals surface area contributed by atoms with E-state index in [1.807, 2.05) is 43.3 Å². The first kappa shape index (κ1) is 20.3. The van der Waals surface area contributed by atoms with Gasteiger partial charge >= 0.3 is 0 Å². The summed E-state index contributed by atoms with van der Waals surface area (Å²) in [5.74, 6) is 2.34. The molecule has 4 rings (SSSR count). The van der Waals surface area contributed by atoms with Crippen molar-refractivity contribution in [1.82, 2.24) is 25.1 Å². The summed E-state index contributed by atoms with van der Waals surface area (Å²) < 4.78 is 16.4. The van der Waals surface area contributed by atoms with Crippen LogP contribution in [0.15, 0.2) is 48.5 Å². The maximum Gasteiger partial charge on any atom is 0.247 e. The zero-order chi connectivity index (χ0) is 21.6. The summed E-state index contributed by atoms with van der Waals surface area (Å²) in [6, 6.07) is 15.4. The number of anilines is 1. The van der Waals surface area contributed by atoms with Crippen molar-refractivity contribution in [3.63, 3.8) is 0 Å². The molecule has 0 aliphatic heterocycles. The molecule has 0 fully saturated rings. The molecular formula is C22H22N6O3. The molecule has 0 saturated heterocycles. The number of benzene rings is 2. The lowest BCUT2D eigenvalue weighted by Crippen LogP contribution is -2.08. The van der Waals surface area contributed by atoms with Crippen molar-refractivity contribution >= 4 is 17.1 Å². The molecule has 0 aliphatic carbocycles. The Bertz CT molecular complexity index is 1190. The fraction of sp³-hybridized carbons (Fsp3) is 0.227. The molecule has 0 aliphatic rings. The first-order chi connectivity index (χ1) is 15.2. The van der Waals surface area contributed by atoms with Crippen LogP contribution in [0.5, 0.6) is 17.4 Å². The second-order valence-corrected chi connectivity index (χ2v) is 6.50. The SMILES string of the molecule is CCOc1nc(NCc2ccccc2)nc2nnc(-c3ccc(OC)c(OC)c3)nc12. The van der Waals surface area contributed by atoms with Crippen LogP contribution in [0.3, 0.4) is 0 Å². The number of fused-ring (bicyclic) bond motifs is 1. The Morgan fingerprint density at radius 1 is 0.871 bits per heavy atom. The molecule has 0 unspecified atom stereocenters. The van der Waals surface area contributed by atoms with E-state index in [-0.39, 0.29) is 0 Å². The topological polar surface area (TPSA) is 104 Å². The average Bonchev–Trinajstić information content (AvgIpc) is 2.83. The summed E-state index contributed by atoms with van der Waals surface area (Å²) in [5, 5.41) is 11.7. The highest BCUT2D eigenvalue weighted by molar-refractivity contribution is 5.78. The highest BCUT2D eigenvalue weighted by atomic mass is 16.5. The fourth-order valence-corrected chi connectivity index (χ4v) is 3.00. The van der Waals surface area contributed by atoms with Gasteiger partial charge in [0.1, 0.15) is 0 Å². The van der Waals surface area contributed by atoms with Crippen LogP contribution in [0, 0.1) is 0 Å². The van der Waals surface area contributed by atoms with Crippen molar-refractivity contribution < 1.29 is 14.2 Å². The van der Waals surface area contributed by atoms with E-state index in [1.54, 1.807) is 26.4 Å².